The van der Waals surface area contributed by atoms with Gasteiger partial charge < -0.3 is 20.4 Å². The van der Waals surface area contributed by atoms with Crippen LogP contribution in [0.25, 0.3) is 0 Å². The SMILES string of the molecule is CCNC(=O)c1ccc(N2CCN(Cc3cnc4c(c3)NC(=O)C3CCCN43)CC2)c(Cl)c1. The molecule has 1 atom stereocenters. The molecule has 3 aliphatic heterocycles. The van der Waals surface area contributed by atoms with Crippen molar-refractivity contribution in [1.29, 1.82) is 0 Å². The van der Waals surface area contributed by atoms with Crippen molar-refractivity contribution in [2.75, 3.05) is 54.4 Å². The van der Waals surface area contributed by atoms with Crippen molar-refractivity contribution in [3.8, 4) is 0 Å². The largest absolute Gasteiger partial charge is 0.368 e. The molecular formula is C24H29ClN6O2. The summed E-state index contributed by atoms with van der Waals surface area (Å²) in [5.41, 5.74) is 3.47. The van der Waals surface area contributed by atoms with Crippen molar-refractivity contribution in [2.45, 2.75) is 32.4 Å². The van der Waals surface area contributed by atoms with Gasteiger partial charge in [-0.3, -0.25) is 14.5 Å². The van der Waals surface area contributed by atoms with Gasteiger partial charge in [-0.15, -0.1) is 0 Å². The second-order valence-electron chi connectivity index (χ2n) is 8.84. The van der Waals surface area contributed by atoms with Crippen molar-refractivity contribution >= 4 is 40.6 Å². The van der Waals surface area contributed by atoms with Gasteiger partial charge in [-0.25, -0.2) is 4.98 Å². The molecule has 2 N–H and O–H groups in total. The van der Waals surface area contributed by atoms with E-state index >= 15 is 0 Å². The van der Waals surface area contributed by atoms with Gasteiger partial charge in [0.15, 0.2) is 5.82 Å². The molecule has 1 unspecified atom stereocenters. The van der Waals surface area contributed by atoms with Crippen LogP contribution < -0.4 is 20.4 Å². The van der Waals surface area contributed by atoms with Gasteiger partial charge in [-0.05, 0) is 49.6 Å². The standard InChI is InChI=1S/C24H29ClN6O2/c1-2-26-23(32)17-5-6-20(18(25)13-17)30-10-8-29(9-11-30)15-16-12-19-22(27-14-16)31-7-3-4-21(31)24(33)28-19/h5-6,12-14,21H,2-4,7-11,15H2,1H3,(H,26,32)(H,28,33). The maximum Gasteiger partial charge on any atom is 0.251 e. The van der Waals surface area contributed by atoms with Gasteiger partial charge in [0.05, 0.1) is 16.4 Å². The highest BCUT2D eigenvalue weighted by atomic mass is 35.5. The lowest BCUT2D eigenvalue weighted by atomic mass is 10.1. The Morgan fingerprint density at radius 2 is 2.03 bits per heavy atom. The molecule has 0 saturated carbocycles. The summed E-state index contributed by atoms with van der Waals surface area (Å²) in [6.45, 7) is 7.66. The van der Waals surface area contributed by atoms with Gasteiger partial charge in [0.2, 0.25) is 5.91 Å². The Morgan fingerprint density at radius 3 is 2.79 bits per heavy atom. The monoisotopic (exact) mass is 468 g/mol. The number of amides is 2. The van der Waals surface area contributed by atoms with Crippen LogP contribution in [0.15, 0.2) is 30.5 Å². The minimum absolute atomic E-state index is 0.0640. The second-order valence-corrected chi connectivity index (χ2v) is 9.25. The summed E-state index contributed by atoms with van der Waals surface area (Å²) in [5.74, 6) is 0.880. The van der Waals surface area contributed by atoms with E-state index in [1.165, 1.54) is 0 Å². The fourth-order valence-electron chi connectivity index (χ4n) is 4.99. The number of carbonyl (C=O) groups excluding carboxylic acids is 2. The number of benzene rings is 1. The smallest absolute Gasteiger partial charge is 0.251 e. The van der Waals surface area contributed by atoms with Gasteiger partial charge in [0.25, 0.3) is 5.91 Å². The Morgan fingerprint density at radius 1 is 1.21 bits per heavy atom. The van der Waals surface area contributed by atoms with E-state index in [2.05, 4.69) is 31.4 Å². The van der Waals surface area contributed by atoms with E-state index in [0.717, 1.165) is 74.9 Å². The fourth-order valence-corrected chi connectivity index (χ4v) is 5.29. The first kappa shape index (κ1) is 22.0. The lowest BCUT2D eigenvalue weighted by Crippen LogP contribution is -2.46. The van der Waals surface area contributed by atoms with E-state index in [4.69, 9.17) is 16.6 Å². The molecule has 4 heterocycles. The molecule has 174 valence electrons. The van der Waals surface area contributed by atoms with Crippen LogP contribution in [0.5, 0.6) is 0 Å². The quantitative estimate of drug-likeness (QED) is 0.702. The number of aromatic nitrogens is 1. The normalized spacial score (nSPS) is 20.3. The zero-order valence-corrected chi connectivity index (χ0v) is 19.6. The molecule has 2 aromatic rings. The zero-order valence-electron chi connectivity index (χ0n) is 18.8. The highest BCUT2D eigenvalue weighted by Crippen LogP contribution is 2.35. The summed E-state index contributed by atoms with van der Waals surface area (Å²) < 4.78 is 0. The average molecular weight is 469 g/mol. The maximum atomic E-state index is 12.4. The van der Waals surface area contributed by atoms with Crippen molar-refractivity contribution < 1.29 is 9.59 Å². The molecule has 0 radical (unpaired) electrons. The molecule has 3 aliphatic rings. The molecule has 2 fully saturated rings. The van der Waals surface area contributed by atoms with Crippen LogP contribution in [-0.4, -0.2) is 67.0 Å². The Balaban J connectivity index is 1.21. The minimum atomic E-state index is -0.106. The molecule has 0 bridgehead atoms. The van der Waals surface area contributed by atoms with Crippen LogP contribution in [0.3, 0.4) is 0 Å². The number of fused-ring (bicyclic) bond motifs is 3. The van der Waals surface area contributed by atoms with Gasteiger partial charge >= 0.3 is 0 Å². The highest BCUT2D eigenvalue weighted by molar-refractivity contribution is 6.33. The summed E-state index contributed by atoms with van der Waals surface area (Å²) in [6, 6.07) is 7.51. The van der Waals surface area contributed by atoms with Crippen LogP contribution in [-0.2, 0) is 11.3 Å². The number of nitrogens with zero attached hydrogens (tertiary/aromatic N) is 4. The number of rotatable bonds is 5. The average Bonchev–Trinajstić information content (AvgIpc) is 3.31. The van der Waals surface area contributed by atoms with Crippen LogP contribution >= 0.6 is 11.6 Å². The molecule has 33 heavy (non-hydrogen) atoms. The molecule has 2 saturated heterocycles. The number of hydrogen-bond donors (Lipinski definition) is 2. The number of anilines is 3. The fraction of sp³-hybridized carbons (Fsp3) is 0.458. The van der Waals surface area contributed by atoms with E-state index in [1.54, 1.807) is 6.07 Å². The Bertz CT molecular complexity index is 1070. The van der Waals surface area contributed by atoms with E-state index < -0.39 is 0 Å². The first-order valence-electron chi connectivity index (χ1n) is 11.6. The number of halogens is 1. The molecular weight excluding hydrogens is 440 g/mol. The van der Waals surface area contributed by atoms with Crippen molar-refractivity contribution in [2.24, 2.45) is 0 Å². The Labute approximate surface area is 198 Å². The number of pyridine rings is 1. The van der Waals surface area contributed by atoms with Crippen LogP contribution in [0.1, 0.15) is 35.7 Å². The Hall–Kier alpha value is -2.84. The molecule has 1 aromatic heterocycles. The van der Waals surface area contributed by atoms with E-state index in [-0.39, 0.29) is 17.9 Å². The van der Waals surface area contributed by atoms with E-state index in [0.29, 0.717) is 17.1 Å². The molecule has 0 spiro atoms. The molecule has 0 aliphatic carbocycles. The number of hydrogen-bond acceptors (Lipinski definition) is 6. The molecule has 9 heteroatoms. The van der Waals surface area contributed by atoms with Crippen molar-refractivity contribution in [3.05, 3.63) is 46.6 Å². The van der Waals surface area contributed by atoms with Crippen molar-refractivity contribution in [1.82, 2.24) is 15.2 Å². The predicted octanol–water partition coefficient (Wildman–Crippen LogP) is 2.73. The summed E-state index contributed by atoms with van der Waals surface area (Å²) in [7, 11) is 0. The van der Waals surface area contributed by atoms with Crippen LogP contribution in [0.4, 0.5) is 17.2 Å². The maximum absolute atomic E-state index is 12.4. The van der Waals surface area contributed by atoms with Gasteiger partial charge in [0, 0.05) is 57.6 Å². The number of nitrogens with one attached hydrogen (secondary N) is 2. The van der Waals surface area contributed by atoms with Gasteiger partial charge in [-0.1, -0.05) is 11.6 Å². The van der Waals surface area contributed by atoms with Crippen LogP contribution in [0.2, 0.25) is 5.02 Å². The van der Waals surface area contributed by atoms with Crippen molar-refractivity contribution in [3.63, 3.8) is 0 Å². The molecule has 5 rings (SSSR count). The molecule has 1 aromatic carbocycles. The predicted molar refractivity (Wildman–Crippen MR) is 130 cm³/mol. The molecule has 2 amide bonds. The summed E-state index contributed by atoms with van der Waals surface area (Å²) >= 11 is 6.51. The van der Waals surface area contributed by atoms with Crippen LogP contribution in [0, 0.1) is 0 Å². The molecule has 8 nitrogen and oxygen atoms in total. The van der Waals surface area contributed by atoms with Gasteiger partial charge in [-0.2, -0.15) is 0 Å². The third-order valence-electron chi connectivity index (χ3n) is 6.68. The zero-order chi connectivity index (χ0) is 22.9. The highest BCUT2D eigenvalue weighted by Gasteiger charge is 2.37. The third kappa shape index (κ3) is 4.37. The van der Waals surface area contributed by atoms with E-state index in [9.17, 15) is 9.59 Å². The topological polar surface area (TPSA) is 80.8 Å². The number of piperazine rings is 1. The summed E-state index contributed by atoms with van der Waals surface area (Å²) in [4.78, 5) is 35.9. The first-order valence-corrected chi connectivity index (χ1v) is 12.0. The van der Waals surface area contributed by atoms with E-state index in [1.807, 2.05) is 25.3 Å². The lowest BCUT2D eigenvalue weighted by Gasteiger charge is -2.37. The lowest BCUT2D eigenvalue weighted by molar-refractivity contribution is -0.117. The Kier molecular flexibility index (Phi) is 6.12. The third-order valence-corrected chi connectivity index (χ3v) is 6.98. The van der Waals surface area contributed by atoms with Gasteiger partial charge in [0.1, 0.15) is 6.04 Å². The summed E-state index contributed by atoms with van der Waals surface area (Å²) in [5, 5.41) is 6.45. The minimum Gasteiger partial charge on any atom is -0.368 e. The number of carbonyl (C=O) groups is 2. The summed E-state index contributed by atoms with van der Waals surface area (Å²) in [6.07, 6.45) is 3.87. The second kappa shape index (κ2) is 9.19. The first-order chi connectivity index (χ1) is 16.0.